The predicted octanol–water partition coefficient (Wildman–Crippen LogP) is 3.01. The van der Waals surface area contributed by atoms with E-state index in [1.165, 1.54) is 7.11 Å². The number of carboxylic acid groups (broad SMARTS) is 1. The second kappa shape index (κ2) is 9.03. The number of halogens is 1. The Labute approximate surface area is 145 Å². The third-order valence-electron chi connectivity index (χ3n) is 3.72. The molecule has 0 aliphatic rings. The lowest BCUT2D eigenvalue weighted by Gasteiger charge is -2.30. The van der Waals surface area contributed by atoms with E-state index < -0.39 is 11.5 Å². The van der Waals surface area contributed by atoms with Gasteiger partial charge in [-0.2, -0.15) is 0 Å². The summed E-state index contributed by atoms with van der Waals surface area (Å²) in [4.78, 5) is 23.6. The van der Waals surface area contributed by atoms with Crippen LogP contribution < -0.4 is 5.32 Å². The second-order valence-corrected chi connectivity index (χ2v) is 6.81. The number of methoxy groups -OCH3 is 1. The van der Waals surface area contributed by atoms with E-state index in [1.807, 2.05) is 31.2 Å². The van der Waals surface area contributed by atoms with Gasteiger partial charge in [0, 0.05) is 17.5 Å². The monoisotopic (exact) mass is 385 g/mol. The van der Waals surface area contributed by atoms with E-state index in [1.54, 1.807) is 6.92 Å². The molecule has 6 heteroatoms. The van der Waals surface area contributed by atoms with Crippen molar-refractivity contribution in [2.45, 2.75) is 38.6 Å². The first-order chi connectivity index (χ1) is 10.8. The Bertz CT molecular complexity index is 549. The number of hydrogen-bond donors (Lipinski definition) is 2. The molecule has 23 heavy (non-hydrogen) atoms. The van der Waals surface area contributed by atoms with Crippen molar-refractivity contribution in [3.63, 3.8) is 0 Å². The van der Waals surface area contributed by atoms with Crippen molar-refractivity contribution in [3.05, 3.63) is 34.3 Å². The van der Waals surface area contributed by atoms with E-state index >= 15 is 0 Å². The smallest absolute Gasteiger partial charge is 0.305 e. The molecule has 0 radical (unpaired) electrons. The van der Waals surface area contributed by atoms with Crippen molar-refractivity contribution in [2.24, 2.45) is 5.92 Å². The highest BCUT2D eigenvalue weighted by molar-refractivity contribution is 9.10. The molecule has 0 aliphatic carbocycles. The molecule has 0 bridgehead atoms. The van der Waals surface area contributed by atoms with Gasteiger partial charge in [0.2, 0.25) is 5.91 Å². The van der Waals surface area contributed by atoms with Crippen LogP contribution in [0.4, 0.5) is 0 Å². The lowest BCUT2D eigenvalue weighted by atomic mass is 9.93. The van der Waals surface area contributed by atoms with Crippen LogP contribution in [0, 0.1) is 5.92 Å². The van der Waals surface area contributed by atoms with Crippen molar-refractivity contribution >= 4 is 27.8 Å². The molecule has 1 aromatic carbocycles. The van der Waals surface area contributed by atoms with Crippen molar-refractivity contribution in [1.29, 1.82) is 0 Å². The number of ether oxygens (including phenoxy) is 1. The van der Waals surface area contributed by atoms with Crippen molar-refractivity contribution in [1.82, 2.24) is 5.32 Å². The van der Waals surface area contributed by atoms with Gasteiger partial charge < -0.3 is 15.2 Å². The summed E-state index contributed by atoms with van der Waals surface area (Å²) in [6.07, 6.45) is 1.08. The fourth-order valence-corrected chi connectivity index (χ4v) is 2.98. The number of rotatable bonds is 9. The number of hydrogen-bond acceptors (Lipinski definition) is 3. The van der Waals surface area contributed by atoms with Crippen LogP contribution in [0.15, 0.2) is 28.7 Å². The van der Waals surface area contributed by atoms with Crippen LogP contribution in [0.5, 0.6) is 0 Å². The molecule has 2 N–H and O–H groups in total. The second-order valence-electron chi connectivity index (χ2n) is 5.95. The normalized spacial score (nSPS) is 14.8. The van der Waals surface area contributed by atoms with Crippen molar-refractivity contribution in [3.8, 4) is 0 Å². The van der Waals surface area contributed by atoms with Crippen molar-refractivity contribution in [2.75, 3.05) is 13.7 Å². The fourth-order valence-electron chi connectivity index (χ4n) is 2.53. The van der Waals surface area contributed by atoms with E-state index in [4.69, 9.17) is 9.84 Å². The average molecular weight is 386 g/mol. The number of carbonyl (C=O) groups is 2. The maximum absolute atomic E-state index is 12.6. The molecule has 0 aliphatic heterocycles. The summed E-state index contributed by atoms with van der Waals surface area (Å²) in [7, 11) is 1.49. The summed E-state index contributed by atoms with van der Waals surface area (Å²) in [5.41, 5.74) is 0.139. The Balaban J connectivity index is 2.82. The highest BCUT2D eigenvalue weighted by atomic mass is 79.9. The van der Waals surface area contributed by atoms with Crippen LogP contribution in [0.25, 0.3) is 0 Å². The molecule has 1 aromatic rings. The maximum atomic E-state index is 12.6. The number of aliphatic carboxylic acids is 1. The topological polar surface area (TPSA) is 75.6 Å². The van der Waals surface area contributed by atoms with Crippen LogP contribution in [-0.4, -0.2) is 36.2 Å². The standard InChI is InChI=1S/C17H24BrNO4/c1-4-12(9-13-7-5-6-8-14(13)18)16(22)19-17(2,11-23-3)10-15(20)21/h5-8,12H,4,9-11H2,1-3H3,(H,19,22)(H,20,21). The third kappa shape index (κ3) is 6.31. The zero-order valence-electron chi connectivity index (χ0n) is 13.8. The first-order valence-electron chi connectivity index (χ1n) is 7.57. The van der Waals surface area contributed by atoms with Gasteiger partial charge in [0.15, 0.2) is 0 Å². The maximum Gasteiger partial charge on any atom is 0.305 e. The number of benzene rings is 1. The largest absolute Gasteiger partial charge is 0.481 e. The van der Waals surface area contributed by atoms with Gasteiger partial charge in [-0.25, -0.2) is 0 Å². The van der Waals surface area contributed by atoms with Gasteiger partial charge in [-0.15, -0.1) is 0 Å². The van der Waals surface area contributed by atoms with E-state index in [2.05, 4.69) is 21.2 Å². The van der Waals surface area contributed by atoms with E-state index in [-0.39, 0.29) is 24.9 Å². The van der Waals surface area contributed by atoms with Crippen LogP contribution >= 0.6 is 15.9 Å². The number of carboxylic acids is 1. The third-order valence-corrected chi connectivity index (χ3v) is 4.49. The molecular formula is C17H24BrNO4. The summed E-state index contributed by atoms with van der Waals surface area (Å²) >= 11 is 3.49. The first-order valence-corrected chi connectivity index (χ1v) is 8.36. The molecule has 0 saturated heterocycles. The van der Waals surface area contributed by atoms with Gasteiger partial charge in [-0.1, -0.05) is 41.1 Å². The zero-order valence-corrected chi connectivity index (χ0v) is 15.4. The zero-order chi connectivity index (χ0) is 17.5. The lowest BCUT2D eigenvalue weighted by Crippen LogP contribution is -2.52. The minimum absolute atomic E-state index is 0.149. The molecule has 1 amide bonds. The Morgan fingerprint density at radius 2 is 2.04 bits per heavy atom. The van der Waals surface area contributed by atoms with Crippen LogP contribution in [-0.2, 0) is 20.7 Å². The summed E-state index contributed by atoms with van der Waals surface area (Å²) < 4.78 is 6.04. The SMILES string of the molecule is CCC(Cc1ccccc1Br)C(=O)NC(C)(COC)CC(=O)O. The average Bonchev–Trinajstić information content (AvgIpc) is 2.45. The Morgan fingerprint density at radius 1 is 1.39 bits per heavy atom. The molecule has 1 rings (SSSR count). The highest BCUT2D eigenvalue weighted by Gasteiger charge is 2.31. The van der Waals surface area contributed by atoms with Gasteiger partial charge in [-0.05, 0) is 31.4 Å². The van der Waals surface area contributed by atoms with Gasteiger partial charge in [0.1, 0.15) is 0 Å². The summed E-state index contributed by atoms with van der Waals surface area (Å²) in [5, 5.41) is 11.9. The lowest BCUT2D eigenvalue weighted by molar-refractivity contribution is -0.140. The Morgan fingerprint density at radius 3 is 2.57 bits per heavy atom. The van der Waals surface area contributed by atoms with Gasteiger partial charge in [-0.3, -0.25) is 9.59 Å². The molecule has 2 atom stereocenters. The van der Waals surface area contributed by atoms with E-state index in [0.717, 1.165) is 10.0 Å². The van der Waals surface area contributed by atoms with Gasteiger partial charge in [0.25, 0.3) is 0 Å². The minimum Gasteiger partial charge on any atom is -0.481 e. The predicted molar refractivity (Wildman–Crippen MR) is 92.3 cm³/mol. The molecule has 128 valence electrons. The molecule has 0 heterocycles. The van der Waals surface area contributed by atoms with Gasteiger partial charge in [0.05, 0.1) is 18.6 Å². The van der Waals surface area contributed by atoms with E-state index in [9.17, 15) is 9.59 Å². The molecule has 2 unspecified atom stereocenters. The molecule has 0 aromatic heterocycles. The first kappa shape index (κ1) is 19.6. The quantitative estimate of drug-likeness (QED) is 0.684. The van der Waals surface area contributed by atoms with E-state index in [0.29, 0.717) is 12.8 Å². The number of carbonyl (C=O) groups excluding carboxylic acids is 1. The minimum atomic E-state index is -0.969. The molecule has 0 fully saturated rings. The number of nitrogens with one attached hydrogen (secondary N) is 1. The molecule has 0 saturated carbocycles. The fraction of sp³-hybridized carbons (Fsp3) is 0.529. The number of amides is 1. The molecular weight excluding hydrogens is 362 g/mol. The highest BCUT2D eigenvalue weighted by Crippen LogP contribution is 2.22. The Kier molecular flexibility index (Phi) is 7.72. The van der Waals surface area contributed by atoms with Crippen LogP contribution in [0.2, 0.25) is 0 Å². The van der Waals surface area contributed by atoms with Crippen molar-refractivity contribution < 1.29 is 19.4 Å². The Hall–Kier alpha value is -1.40. The summed E-state index contributed by atoms with van der Waals surface area (Å²) in [6.45, 7) is 3.79. The van der Waals surface area contributed by atoms with Gasteiger partial charge >= 0.3 is 5.97 Å². The summed E-state index contributed by atoms with van der Waals surface area (Å²) in [6, 6.07) is 7.78. The molecule has 0 spiro atoms. The summed E-state index contributed by atoms with van der Waals surface area (Å²) in [5.74, 6) is -1.34. The molecule has 5 nitrogen and oxygen atoms in total. The van der Waals surface area contributed by atoms with Crippen LogP contribution in [0.1, 0.15) is 32.3 Å². The van der Waals surface area contributed by atoms with Crippen LogP contribution in [0.3, 0.4) is 0 Å².